The van der Waals surface area contributed by atoms with Crippen LogP contribution in [0.25, 0.3) is 0 Å². The van der Waals surface area contributed by atoms with Crippen LogP contribution in [0.1, 0.15) is 39.5 Å². The molecule has 0 bridgehead atoms. The molecule has 110 valence electrons. The molecule has 0 spiro atoms. The number of nitrogens with zero attached hydrogens (tertiary/aromatic N) is 2. The number of carboxylic acids is 1. The fraction of sp³-hybridized carbons (Fsp3) is 0.214. The highest BCUT2D eigenvalue weighted by atomic mass is 19.1. The lowest BCUT2D eigenvalue weighted by atomic mass is 10.1. The number of carbonyl (C=O) groups is 2. The number of aromatic carboxylic acids is 1. The number of carbonyl (C=O) groups excluding carboxylic acids is 1. The van der Waals surface area contributed by atoms with Crippen LogP contribution in [0.4, 0.5) is 4.39 Å². The van der Waals surface area contributed by atoms with Crippen molar-refractivity contribution in [3.05, 3.63) is 53.4 Å². The Hall–Kier alpha value is -2.70. The number of aromatic amines is 1. The van der Waals surface area contributed by atoms with E-state index in [2.05, 4.69) is 9.97 Å². The van der Waals surface area contributed by atoms with Gasteiger partial charge in [0.2, 0.25) is 0 Å². The second-order valence-electron chi connectivity index (χ2n) is 4.57. The molecule has 1 unspecified atom stereocenters. The Labute approximate surface area is 120 Å². The summed E-state index contributed by atoms with van der Waals surface area (Å²) in [7, 11) is 1.54. The topological polar surface area (TPSA) is 86.3 Å². The molecule has 2 aromatic rings. The van der Waals surface area contributed by atoms with Crippen LogP contribution in [0.15, 0.2) is 30.6 Å². The van der Waals surface area contributed by atoms with Crippen molar-refractivity contribution in [1.29, 1.82) is 0 Å². The Kier molecular flexibility index (Phi) is 4.02. The number of benzene rings is 1. The van der Waals surface area contributed by atoms with Gasteiger partial charge in [-0.05, 0) is 24.6 Å². The van der Waals surface area contributed by atoms with E-state index < -0.39 is 11.9 Å². The lowest BCUT2D eigenvalue weighted by Gasteiger charge is -2.24. The van der Waals surface area contributed by atoms with E-state index in [1.165, 1.54) is 24.1 Å². The molecular weight excluding hydrogens is 277 g/mol. The van der Waals surface area contributed by atoms with Crippen LogP contribution in [-0.2, 0) is 0 Å². The standard InChI is InChI=1S/C14H14FN3O3/c1-8(9-3-5-10(15)6-4-9)18(2)13(19)11-12(14(20)21)17-7-16-11/h3-8H,1-2H3,(H,16,17)(H,20,21). The number of hydrogen-bond acceptors (Lipinski definition) is 3. The minimum atomic E-state index is -1.25. The summed E-state index contributed by atoms with van der Waals surface area (Å²) >= 11 is 0. The van der Waals surface area contributed by atoms with Gasteiger partial charge in [0.05, 0.1) is 12.4 Å². The summed E-state index contributed by atoms with van der Waals surface area (Å²) in [6, 6.07) is 5.41. The van der Waals surface area contributed by atoms with Gasteiger partial charge in [-0.2, -0.15) is 0 Å². The number of imidazole rings is 1. The van der Waals surface area contributed by atoms with E-state index in [0.29, 0.717) is 0 Å². The molecule has 1 atom stereocenters. The summed E-state index contributed by atoms with van der Waals surface area (Å²) in [6.07, 6.45) is 1.16. The van der Waals surface area contributed by atoms with Gasteiger partial charge in [0.25, 0.3) is 5.91 Å². The van der Waals surface area contributed by atoms with E-state index in [0.717, 1.165) is 11.9 Å². The van der Waals surface area contributed by atoms with Gasteiger partial charge in [0.15, 0.2) is 11.4 Å². The fourth-order valence-corrected chi connectivity index (χ4v) is 1.93. The monoisotopic (exact) mass is 291 g/mol. The van der Waals surface area contributed by atoms with Gasteiger partial charge < -0.3 is 15.0 Å². The Morgan fingerprint density at radius 2 is 1.95 bits per heavy atom. The molecule has 7 heteroatoms. The molecule has 1 heterocycles. The first-order valence-corrected chi connectivity index (χ1v) is 6.21. The smallest absolute Gasteiger partial charge is 0.354 e. The van der Waals surface area contributed by atoms with Gasteiger partial charge in [0, 0.05) is 7.05 Å². The second-order valence-corrected chi connectivity index (χ2v) is 4.57. The first-order valence-electron chi connectivity index (χ1n) is 6.21. The molecule has 0 fully saturated rings. The Balaban J connectivity index is 2.24. The quantitative estimate of drug-likeness (QED) is 0.903. The van der Waals surface area contributed by atoms with Gasteiger partial charge in [-0.3, -0.25) is 4.79 Å². The van der Waals surface area contributed by atoms with E-state index in [4.69, 9.17) is 5.11 Å². The number of hydrogen-bond donors (Lipinski definition) is 2. The van der Waals surface area contributed by atoms with Crippen molar-refractivity contribution in [2.45, 2.75) is 13.0 Å². The average molecular weight is 291 g/mol. The Bertz CT molecular complexity index is 666. The molecule has 0 aliphatic carbocycles. The average Bonchev–Trinajstić information content (AvgIpc) is 2.95. The molecule has 21 heavy (non-hydrogen) atoms. The highest BCUT2D eigenvalue weighted by Crippen LogP contribution is 2.21. The molecule has 0 radical (unpaired) electrons. The third kappa shape index (κ3) is 2.91. The second kappa shape index (κ2) is 5.74. The summed E-state index contributed by atoms with van der Waals surface area (Å²) < 4.78 is 12.9. The number of carboxylic acid groups (broad SMARTS) is 1. The summed E-state index contributed by atoms with van der Waals surface area (Å²) in [5.41, 5.74) is 0.330. The van der Waals surface area contributed by atoms with Crippen molar-refractivity contribution in [3.8, 4) is 0 Å². The first kappa shape index (κ1) is 14.7. The maximum absolute atomic E-state index is 12.9. The van der Waals surface area contributed by atoms with E-state index in [9.17, 15) is 14.0 Å². The number of aromatic nitrogens is 2. The van der Waals surface area contributed by atoms with Crippen LogP contribution in [-0.4, -0.2) is 38.9 Å². The lowest BCUT2D eigenvalue weighted by Crippen LogP contribution is -2.31. The molecule has 0 aliphatic rings. The van der Waals surface area contributed by atoms with Crippen LogP contribution < -0.4 is 0 Å². The van der Waals surface area contributed by atoms with Crippen molar-refractivity contribution >= 4 is 11.9 Å². The van der Waals surface area contributed by atoms with Crippen LogP contribution >= 0.6 is 0 Å². The zero-order valence-electron chi connectivity index (χ0n) is 11.5. The molecule has 6 nitrogen and oxygen atoms in total. The number of halogens is 1. The van der Waals surface area contributed by atoms with Crippen molar-refractivity contribution in [1.82, 2.24) is 14.9 Å². The van der Waals surface area contributed by atoms with Gasteiger partial charge >= 0.3 is 5.97 Å². The predicted molar refractivity (Wildman–Crippen MR) is 72.5 cm³/mol. The van der Waals surface area contributed by atoms with Gasteiger partial charge in [-0.25, -0.2) is 14.2 Å². The van der Waals surface area contributed by atoms with Crippen molar-refractivity contribution < 1.29 is 19.1 Å². The van der Waals surface area contributed by atoms with Crippen LogP contribution in [0.5, 0.6) is 0 Å². The van der Waals surface area contributed by atoms with Crippen LogP contribution in [0.3, 0.4) is 0 Å². The van der Waals surface area contributed by atoms with Gasteiger partial charge in [0.1, 0.15) is 5.82 Å². The Morgan fingerprint density at radius 3 is 2.52 bits per heavy atom. The molecule has 2 rings (SSSR count). The van der Waals surface area contributed by atoms with Crippen molar-refractivity contribution in [2.75, 3.05) is 7.05 Å². The minimum absolute atomic E-state index is 0.154. The maximum Gasteiger partial charge on any atom is 0.354 e. The van der Waals surface area contributed by atoms with Gasteiger partial charge in [-0.15, -0.1) is 0 Å². The zero-order chi connectivity index (χ0) is 15.6. The SMILES string of the molecule is CC(c1ccc(F)cc1)N(C)C(=O)c1nc[nH]c1C(=O)O. The van der Waals surface area contributed by atoms with E-state index in [1.807, 2.05) is 0 Å². The normalized spacial score (nSPS) is 12.0. The third-order valence-electron chi connectivity index (χ3n) is 3.31. The van der Waals surface area contributed by atoms with Crippen LogP contribution in [0.2, 0.25) is 0 Å². The minimum Gasteiger partial charge on any atom is -0.477 e. The molecule has 1 aromatic heterocycles. The largest absolute Gasteiger partial charge is 0.477 e. The summed E-state index contributed by atoms with van der Waals surface area (Å²) in [5, 5.41) is 8.99. The highest BCUT2D eigenvalue weighted by molar-refractivity contribution is 6.02. The lowest BCUT2D eigenvalue weighted by molar-refractivity contribution is 0.0665. The van der Waals surface area contributed by atoms with Gasteiger partial charge in [-0.1, -0.05) is 12.1 Å². The number of H-pyrrole nitrogens is 1. The summed E-state index contributed by atoms with van der Waals surface area (Å²) in [4.78, 5) is 30.9. The van der Waals surface area contributed by atoms with Crippen molar-refractivity contribution in [3.63, 3.8) is 0 Å². The molecule has 0 saturated heterocycles. The molecule has 1 aromatic carbocycles. The molecule has 0 saturated carbocycles. The first-order chi connectivity index (χ1) is 9.91. The third-order valence-corrected chi connectivity index (χ3v) is 3.31. The molecule has 2 N–H and O–H groups in total. The van der Waals surface area contributed by atoms with Crippen molar-refractivity contribution in [2.24, 2.45) is 0 Å². The maximum atomic E-state index is 12.9. The van der Waals surface area contributed by atoms with Crippen LogP contribution in [0, 0.1) is 5.82 Å². The summed E-state index contributed by atoms with van der Waals surface area (Å²) in [5.74, 6) is -2.13. The summed E-state index contributed by atoms with van der Waals surface area (Å²) in [6.45, 7) is 1.76. The van der Waals surface area contributed by atoms with E-state index >= 15 is 0 Å². The van der Waals surface area contributed by atoms with E-state index in [-0.39, 0.29) is 23.2 Å². The van der Waals surface area contributed by atoms with E-state index in [1.54, 1.807) is 19.1 Å². The molecule has 1 amide bonds. The Morgan fingerprint density at radius 1 is 1.33 bits per heavy atom. The highest BCUT2D eigenvalue weighted by Gasteiger charge is 2.25. The molecule has 0 aliphatic heterocycles. The zero-order valence-corrected chi connectivity index (χ0v) is 11.5. The fourth-order valence-electron chi connectivity index (χ4n) is 1.93. The molecular formula is C14H14FN3O3. The number of nitrogens with one attached hydrogen (secondary N) is 1. The number of rotatable bonds is 4. The number of amides is 1. The predicted octanol–water partition coefficient (Wildman–Crippen LogP) is 2.08.